The Morgan fingerprint density at radius 2 is 1.58 bits per heavy atom. The first kappa shape index (κ1) is 43.4. The van der Waals surface area contributed by atoms with Gasteiger partial charge in [0.1, 0.15) is 30.3 Å². The van der Waals surface area contributed by atoms with Crippen molar-refractivity contribution in [2.24, 2.45) is 10.8 Å². The summed E-state index contributed by atoms with van der Waals surface area (Å²) in [6.45, 7) is 8.50. The average molecular weight is 812 g/mol. The average Bonchev–Trinajstić information content (AvgIpc) is 3.67. The maximum atomic E-state index is 14.7. The smallest absolute Gasteiger partial charge is 0.373 e. The van der Waals surface area contributed by atoms with Crippen molar-refractivity contribution >= 4 is 59.6 Å². The van der Waals surface area contributed by atoms with Gasteiger partial charge in [-0.05, 0) is 66.7 Å². The standard InChI is InChI=1S/C37H45ClF2N3O11P/c1-22(44)27-17-42(18-31(45)43-16-24(39)13-30(43)33(46)41-15-23-9-8-10-28(38)32(23)40)29-14-25(11-12-26(27)29)52-21-55(49,53-19-50-34(47)36(2,3)4)54-20-51-35(48)37(5,6)7/h8-12,14,17,24,30H,13,15-16,18-21H2,1-7H3,(H,41,46). The monoisotopic (exact) mass is 811 g/mol. The second-order valence-corrected chi connectivity index (χ2v) is 17.4. The van der Waals surface area contributed by atoms with E-state index < -0.39 is 86.7 Å². The lowest BCUT2D eigenvalue weighted by atomic mass is 9.98. The predicted molar refractivity (Wildman–Crippen MR) is 196 cm³/mol. The van der Waals surface area contributed by atoms with Gasteiger partial charge in [-0.25, -0.2) is 8.78 Å². The number of fused-ring (bicyclic) bond motifs is 1. The van der Waals surface area contributed by atoms with Crippen LogP contribution in [-0.4, -0.2) is 77.7 Å². The van der Waals surface area contributed by atoms with Crippen molar-refractivity contribution in [3.8, 4) is 5.75 Å². The molecule has 2 unspecified atom stereocenters. The minimum Gasteiger partial charge on any atom is -0.481 e. The fourth-order valence-corrected chi connectivity index (χ4v) is 6.47. The van der Waals surface area contributed by atoms with Gasteiger partial charge in [-0.3, -0.25) is 37.6 Å². The van der Waals surface area contributed by atoms with Gasteiger partial charge < -0.3 is 29.0 Å². The van der Waals surface area contributed by atoms with E-state index in [1.165, 1.54) is 48.0 Å². The van der Waals surface area contributed by atoms with Crippen molar-refractivity contribution in [2.45, 2.75) is 80.2 Å². The van der Waals surface area contributed by atoms with Crippen molar-refractivity contribution < 1.29 is 60.6 Å². The number of amides is 2. The first-order valence-electron chi connectivity index (χ1n) is 17.2. The van der Waals surface area contributed by atoms with Crippen molar-refractivity contribution in [1.82, 2.24) is 14.8 Å². The molecule has 1 aliphatic heterocycles. The molecule has 1 aromatic heterocycles. The normalized spacial score (nSPS) is 16.2. The van der Waals surface area contributed by atoms with E-state index in [-0.39, 0.29) is 47.2 Å². The maximum Gasteiger partial charge on any atom is 0.373 e. The van der Waals surface area contributed by atoms with E-state index in [9.17, 15) is 37.3 Å². The lowest BCUT2D eigenvalue weighted by Crippen LogP contribution is -2.46. The van der Waals surface area contributed by atoms with Gasteiger partial charge in [0.05, 0.1) is 27.9 Å². The van der Waals surface area contributed by atoms with Crippen molar-refractivity contribution in [3.63, 3.8) is 0 Å². The number of esters is 2. The minimum absolute atomic E-state index is 0.0932. The van der Waals surface area contributed by atoms with E-state index in [1.54, 1.807) is 47.6 Å². The number of ether oxygens (including phenoxy) is 3. The van der Waals surface area contributed by atoms with Gasteiger partial charge in [0.15, 0.2) is 12.1 Å². The van der Waals surface area contributed by atoms with E-state index in [4.69, 9.17) is 34.9 Å². The number of nitrogens with zero attached hydrogens (tertiary/aromatic N) is 2. The molecule has 14 nitrogen and oxygen atoms in total. The molecular weight excluding hydrogens is 767 g/mol. The Labute approximate surface area is 322 Å². The second kappa shape index (κ2) is 17.6. The highest BCUT2D eigenvalue weighted by molar-refractivity contribution is 7.53. The summed E-state index contributed by atoms with van der Waals surface area (Å²) < 4.78 is 70.8. The third kappa shape index (κ3) is 11.3. The number of hydrogen-bond acceptors (Lipinski definition) is 11. The molecule has 1 aliphatic rings. The fourth-order valence-electron chi connectivity index (χ4n) is 5.32. The molecule has 0 radical (unpaired) electrons. The first-order valence-corrected chi connectivity index (χ1v) is 19.3. The number of carbonyl (C=O) groups is 5. The van der Waals surface area contributed by atoms with Crippen LogP contribution in [-0.2, 0) is 55.4 Å². The number of alkyl halides is 1. The Morgan fingerprint density at radius 3 is 2.16 bits per heavy atom. The van der Waals surface area contributed by atoms with Gasteiger partial charge in [-0.1, -0.05) is 23.7 Å². The van der Waals surface area contributed by atoms with Crippen LogP contribution in [0.2, 0.25) is 5.02 Å². The van der Waals surface area contributed by atoms with Crippen LogP contribution in [0.1, 0.15) is 70.8 Å². The zero-order valence-corrected chi connectivity index (χ0v) is 33.3. The molecule has 3 aromatic rings. The summed E-state index contributed by atoms with van der Waals surface area (Å²) in [5, 5.41) is 2.86. The molecule has 2 aromatic carbocycles. The lowest BCUT2D eigenvalue weighted by Gasteiger charge is -2.24. The Hall–Kier alpha value is -4.37. The highest BCUT2D eigenvalue weighted by Crippen LogP contribution is 2.48. The summed E-state index contributed by atoms with van der Waals surface area (Å²) in [5.41, 5.74) is -1.06. The van der Waals surface area contributed by atoms with Crippen LogP contribution < -0.4 is 10.1 Å². The van der Waals surface area contributed by atoms with Crippen molar-refractivity contribution in [3.05, 3.63) is 64.6 Å². The number of rotatable bonds is 15. The molecule has 55 heavy (non-hydrogen) atoms. The summed E-state index contributed by atoms with van der Waals surface area (Å²) in [6.07, 6.45) is -1.06. The van der Waals surface area contributed by atoms with Crippen LogP contribution in [0, 0.1) is 16.6 Å². The molecule has 18 heteroatoms. The van der Waals surface area contributed by atoms with E-state index >= 15 is 0 Å². The number of hydrogen-bond donors (Lipinski definition) is 1. The number of benzene rings is 2. The van der Waals surface area contributed by atoms with Crippen LogP contribution in [0.4, 0.5) is 8.78 Å². The van der Waals surface area contributed by atoms with Crippen LogP contribution >= 0.6 is 19.2 Å². The van der Waals surface area contributed by atoms with Gasteiger partial charge >= 0.3 is 19.5 Å². The summed E-state index contributed by atoms with van der Waals surface area (Å²) >= 11 is 5.83. The van der Waals surface area contributed by atoms with E-state index in [2.05, 4.69) is 5.32 Å². The number of Topliss-reactive ketones (excluding diaryl/α,β-unsaturated/α-hetero) is 1. The molecule has 2 atom stereocenters. The Balaban J connectivity index is 1.52. The molecule has 4 rings (SSSR count). The topological polar surface area (TPSA) is 169 Å². The predicted octanol–water partition coefficient (Wildman–Crippen LogP) is 6.55. The molecule has 2 heterocycles. The molecular formula is C37H45ClF2N3O11P. The highest BCUT2D eigenvalue weighted by atomic mass is 35.5. The summed E-state index contributed by atoms with van der Waals surface area (Å²) in [5.74, 6) is -3.53. The molecule has 1 N–H and O–H groups in total. The molecule has 1 saturated heterocycles. The molecule has 2 amide bonds. The van der Waals surface area contributed by atoms with E-state index in [0.29, 0.717) is 10.9 Å². The number of aromatic nitrogens is 1. The minimum atomic E-state index is -4.27. The van der Waals surface area contributed by atoms with Crippen molar-refractivity contribution in [2.75, 3.05) is 26.5 Å². The van der Waals surface area contributed by atoms with Gasteiger partial charge in [0.2, 0.25) is 25.4 Å². The molecule has 0 aliphatic carbocycles. The maximum absolute atomic E-state index is 14.7. The number of likely N-dealkylation sites (tertiary alicyclic amines) is 1. The van der Waals surface area contributed by atoms with Gasteiger partial charge in [0, 0.05) is 41.7 Å². The lowest BCUT2D eigenvalue weighted by molar-refractivity contribution is -0.162. The van der Waals surface area contributed by atoms with E-state index in [0.717, 1.165) is 4.90 Å². The number of ketones is 1. The Morgan fingerprint density at radius 1 is 0.964 bits per heavy atom. The van der Waals surface area contributed by atoms with Crippen LogP contribution in [0.3, 0.4) is 0 Å². The third-order valence-corrected chi connectivity index (χ3v) is 10.1. The molecule has 1 fully saturated rings. The largest absolute Gasteiger partial charge is 0.481 e. The summed E-state index contributed by atoms with van der Waals surface area (Å²) in [6, 6.07) is 7.61. The van der Waals surface area contributed by atoms with Crippen LogP contribution in [0.25, 0.3) is 10.9 Å². The quantitative estimate of drug-likeness (QED) is 0.0765. The fraction of sp³-hybridized carbons (Fsp3) is 0.486. The summed E-state index contributed by atoms with van der Waals surface area (Å²) in [4.78, 5) is 64.9. The molecule has 0 bridgehead atoms. The summed E-state index contributed by atoms with van der Waals surface area (Å²) in [7, 11) is -4.27. The molecule has 300 valence electrons. The number of nitrogens with one attached hydrogen (secondary N) is 1. The van der Waals surface area contributed by atoms with Gasteiger partial charge in [0.25, 0.3) is 0 Å². The highest BCUT2D eigenvalue weighted by Gasteiger charge is 2.40. The van der Waals surface area contributed by atoms with Gasteiger partial charge in [-0.15, -0.1) is 0 Å². The van der Waals surface area contributed by atoms with Crippen molar-refractivity contribution in [1.29, 1.82) is 0 Å². The zero-order chi connectivity index (χ0) is 40.9. The Bertz CT molecular complexity index is 1960. The van der Waals surface area contributed by atoms with Crippen LogP contribution in [0.5, 0.6) is 5.75 Å². The van der Waals surface area contributed by atoms with E-state index in [1.807, 2.05) is 0 Å². The molecule has 0 spiro atoms. The third-order valence-electron chi connectivity index (χ3n) is 8.39. The van der Waals surface area contributed by atoms with Crippen LogP contribution in [0.15, 0.2) is 42.6 Å². The number of carbonyl (C=O) groups excluding carboxylic acids is 5. The molecule has 0 saturated carbocycles. The Kier molecular flexibility index (Phi) is 13.9. The van der Waals surface area contributed by atoms with Gasteiger partial charge in [-0.2, -0.15) is 0 Å². The first-order chi connectivity index (χ1) is 25.6. The second-order valence-electron chi connectivity index (χ2n) is 15.0. The SMILES string of the molecule is CC(=O)c1cn(CC(=O)N2CC(F)CC2C(=O)NCc2cccc(Cl)c2F)c2cc(OCP(=O)(OCOC(=O)C(C)(C)C)OCOC(=O)C(C)(C)C)ccc12. The zero-order valence-electron chi connectivity index (χ0n) is 31.6. The number of halogens is 3.